The van der Waals surface area contributed by atoms with E-state index in [1.54, 1.807) is 21.3 Å². The first kappa shape index (κ1) is 24.5. The van der Waals surface area contributed by atoms with Crippen LogP contribution in [0.3, 0.4) is 0 Å². The van der Waals surface area contributed by atoms with E-state index in [1.807, 2.05) is 12.1 Å². The number of alkyl halides is 1. The molecule has 156 valence electrons. The smallest absolute Gasteiger partial charge is 0.119 e. The molecule has 0 saturated carbocycles. The minimum Gasteiger partial charge on any atom is -0.497 e. The van der Waals surface area contributed by atoms with E-state index in [4.69, 9.17) is 18.9 Å². The van der Waals surface area contributed by atoms with E-state index in [0.29, 0.717) is 19.8 Å². The summed E-state index contributed by atoms with van der Waals surface area (Å²) in [6, 6.07) is 12.5. The summed E-state index contributed by atoms with van der Waals surface area (Å²) in [5.74, 6) is 1.84. The second-order valence-electron chi connectivity index (χ2n) is 6.26. The lowest BCUT2D eigenvalue weighted by Gasteiger charge is -2.08. The number of aryl methyl sites for hydroxylation is 2. The van der Waals surface area contributed by atoms with Gasteiger partial charge in [-0.25, -0.2) is 0 Å². The molecule has 0 bridgehead atoms. The summed E-state index contributed by atoms with van der Waals surface area (Å²) in [6.07, 6.45) is 2.06. The number of ether oxygens (including phenoxy) is 4. The lowest BCUT2D eigenvalue weighted by atomic mass is 10.1. The second kappa shape index (κ2) is 14.4. The maximum absolute atomic E-state index is 5.48. The van der Waals surface area contributed by atoms with Crippen LogP contribution in [0.1, 0.15) is 36.1 Å². The quantitative estimate of drug-likeness (QED) is 0.348. The number of rotatable bonds is 10. The van der Waals surface area contributed by atoms with Crippen LogP contribution in [-0.2, 0) is 34.3 Å². The van der Waals surface area contributed by atoms with Crippen molar-refractivity contribution in [2.75, 3.05) is 34.5 Å². The monoisotopic (exact) mass is 452 g/mol. The minimum atomic E-state index is 0.605. The first-order valence-electron chi connectivity index (χ1n) is 9.56. The Morgan fingerprint density at radius 2 is 1.18 bits per heavy atom. The molecule has 0 saturated heterocycles. The number of hydrogen-bond donors (Lipinski definition) is 0. The maximum Gasteiger partial charge on any atom is 0.119 e. The lowest BCUT2D eigenvalue weighted by Crippen LogP contribution is -2.02. The van der Waals surface area contributed by atoms with Gasteiger partial charge in [0.05, 0.1) is 34.0 Å². The zero-order valence-corrected chi connectivity index (χ0v) is 19.3. The molecule has 0 aliphatic rings. The molecule has 0 aliphatic heterocycles. The Labute approximate surface area is 178 Å². The van der Waals surface area contributed by atoms with Crippen molar-refractivity contribution in [1.82, 2.24) is 0 Å². The topological polar surface area (TPSA) is 36.9 Å². The molecule has 0 amide bonds. The van der Waals surface area contributed by atoms with Gasteiger partial charge in [-0.2, -0.15) is 0 Å². The van der Waals surface area contributed by atoms with Gasteiger partial charge in [-0.1, -0.05) is 41.9 Å². The van der Waals surface area contributed by atoms with Crippen LogP contribution < -0.4 is 9.47 Å². The normalized spacial score (nSPS) is 10.2. The Morgan fingerprint density at radius 3 is 1.64 bits per heavy atom. The van der Waals surface area contributed by atoms with Crippen molar-refractivity contribution in [1.29, 1.82) is 0 Å². The number of methoxy groups -OCH3 is 3. The molecule has 2 aromatic rings. The van der Waals surface area contributed by atoms with Gasteiger partial charge in [0.25, 0.3) is 0 Å². The summed E-state index contributed by atoms with van der Waals surface area (Å²) in [4.78, 5) is 0. The van der Waals surface area contributed by atoms with E-state index in [0.717, 1.165) is 35.2 Å². The molecule has 5 heteroatoms. The molecule has 0 spiro atoms. The Hall–Kier alpha value is -1.56. The number of benzene rings is 2. The van der Waals surface area contributed by atoms with E-state index < -0.39 is 0 Å². The SMILES string of the molecule is CCc1cc(CBr)cc(OC)c1.CCc1cc(COCCOC)cc(OC)c1. The van der Waals surface area contributed by atoms with Crippen molar-refractivity contribution < 1.29 is 18.9 Å². The van der Waals surface area contributed by atoms with Gasteiger partial charge in [0.2, 0.25) is 0 Å². The Balaban J connectivity index is 0.000000292. The molecule has 0 N–H and O–H groups in total. The van der Waals surface area contributed by atoms with E-state index in [2.05, 4.69) is 54.0 Å². The van der Waals surface area contributed by atoms with Crippen molar-refractivity contribution in [3.8, 4) is 11.5 Å². The fourth-order valence-electron chi connectivity index (χ4n) is 2.59. The summed E-state index contributed by atoms with van der Waals surface area (Å²) >= 11 is 3.43. The van der Waals surface area contributed by atoms with Gasteiger partial charge in [0.1, 0.15) is 11.5 Å². The Morgan fingerprint density at radius 1 is 0.679 bits per heavy atom. The zero-order valence-electron chi connectivity index (χ0n) is 17.7. The number of hydrogen-bond acceptors (Lipinski definition) is 4. The molecule has 0 radical (unpaired) electrons. The standard InChI is InChI=1S/C13H20O3.C10H13BrO/c1-4-11-7-12(9-13(8-11)15-3)10-16-6-5-14-2;1-3-8-4-9(7-11)6-10(5-8)12-2/h7-9H,4-6,10H2,1-3H3;4-6H,3,7H2,1-2H3. The van der Waals surface area contributed by atoms with Crippen molar-refractivity contribution in [3.63, 3.8) is 0 Å². The first-order chi connectivity index (χ1) is 13.6. The van der Waals surface area contributed by atoms with Crippen LogP contribution in [-0.4, -0.2) is 34.5 Å². The van der Waals surface area contributed by atoms with Crippen LogP contribution in [0.25, 0.3) is 0 Å². The van der Waals surface area contributed by atoms with Crippen molar-refractivity contribution >= 4 is 15.9 Å². The molecule has 0 unspecified atom stereocenters. The maximum atomic E-state index is 5.48. The highest BCUT2D eigenvalue weighted by molar-refractivity contribution is 9.08. The summed E-state index contributed by atoms with van der Waals surface area (Å²) in [6.45, 7) is 6.13. The summed E-state index contributed by atoms with van der Waals surface area (Å²) in [7, 11) is 5.06. The van der Waals surface area contributed by atoms with Gasteiger partial charge in [-0.05, 0) is 59.4 Å². The molecule has 0 aliphatic carbocycles. The van der Waals surface area contributed by atoms with Crippen molar-refractivity contribution in [3.05, 3.63) is 58.7 Å². The van der Waals surface area contributed by atoms with E-state index >= 15 is 0 Å². The van der Waals surface area contributed by atoms with Gasteiger partial charge in [0, 0.05) is 12.4 Å². The van der Waals surface area contributed by atoms with Gasteiger partial charge < -0.3 is 18.9 Å². The van der Waals surface area contributed by atoms with Crippen LogP contribution in [0, 0.1) is 0 Å². The lowest BCUT2D eigenvalue weighted by molar-refractivity contribution is 0.0616. The fourth-order valence-corrected chi connectivity index (χ4v) is 2.92. The molecule has 4 nitrogen and oxygen atoms in total. The predicted molar refractivity (Wildman–Crippen MR) is 119 cm³/mol. The van der Waals surface area contributed by atoms with Crippen LogP contribution in [0.4, 0.5) is 0 Å². The van der Waals surface area contributed by atoms with Crippen LogP contribution >= 0.6 is 15.9 Å². The van der Waals surface area contributed by atoms with E-state index in [-0.39, 0.29) is 0 Å². The van der Waals surface area contributed by atoms with Crippen LogP contribution in [0.2, 0.25) is 0 Å². The third-order valence-corrected chi connectivity index (χ3v) is 4.84. The van der Waals surface area contributed by atoms with Crippen LogP contribution in [0.15, 0.2) is 36.4 Å². The molecule has 2 rings (SSSR count). The molecular formula is C23H33BrO4. The predicted octanol–water partition coefficient (Wildman–Crippen LogP) is 5.57. The average Bonchev–Trinajstić information content (AvgIpc) is 2.76. The Kier molecular flexibility index (Phi) is 12.6. The van der Waals surface area contributed by atoms with Gasteiger partial charge in [-0.3, -0.25) is 0 Å². The molecule has 0 aromatic heterocycles. The molecule has 2 aromatic carbocycles. The molecular weight excluding hydrogens is 420 g/mol. The second-order valence-corrected chi connectivity index (χ2v) is 6.83. The van der Waals surface area contributed by atoms with Gasteiger partial charge >= 0.3 is 0 Å². The third-order valence-electron chi connectivity index (χ3n) is 4.19. The highest BCUT2D eigenvalue weighted by Crippen LogP contribution is 2.19. The Bertz CT molecular complexity index is 611. The summed E-state index contributed by atoms with van der Waals surface area (Å²) < 4.78 is 20.8. The van der Waals surface area contributed by atoms with E-state index in [1.165, 1.54) is 16.7 Å². The third kappa shape index (κ3) is 9.09. The van der Waals surface area contributed by atoms with Gasteiger partial charge in [-0.15, -0.1) is 0 Å². The fraction of sp³-hybridized carbons (Fsp3) is 0.478. The number of halogens is 1. The van der Waals surface area contributed by atoms with Gasteiger partial charge in [0.15, 0.2) is 0 Å². The van der Waals surface area contributed by atoms with Crippen LogP contribution in [0.5, 0.6) is 11.5 Å². The molecule has 0 atom stereocenters. The zero-order chi connectivity index (χ0) is 20.8. The molecule has 28 heavy (non-hydrogen) atoms. The van der Waals surface area contributed by atoms with Crippen molar-refractivity contribution in [2.45, 2.75) is 38.6 Å². The highest BCUT2D eigenvalue weighted by atomic mass is 79.9. The molecule has 0 fully saturated rings. The minimum absolute atomic E-state index is 0.605. The molecule has 0 heterocycles. The average molecular weight is 453 g/mol. The highest BCUT2D eigenvalue weighted by Gasteiger charge is 2.01. The first-order valence-corrected chi connectivity index (χ1v) is 10.7. The van der Waals surface area contributed by atoms with E-state index in [9.17, 15) is 0 Å². The summed E-state index contributed by atoms with van der Waals surface area (Å²) in [5.41, 5.74) is 5.01. The largest absolute Gasteiger partial charge is 0.497 e. The summed E-state index contributed by atoms with van der Waals surface area (Å²) in [5, 5.41) is 0.886. The van der Waals surface area contributed by atoms with Crippen molar-refractivity contribution in [2.24, 2.45) is 0 Å².